The highest BCUT2D eigenvalue weighted by atomic mass is 16.5. The lowest BCUT2D eigenvalue weighted by Gasteiger charge is -2.27. The van der Waals surface area contributed by atoms with Crippen molar-refractivity contribution in [3.05, 3.63) is 28.3 Å². The number of rotatable bonds is 4. The highest BCUT2D eigenvalue weighted by Crippen LogP contribution is 2.34. The summed E-state index contributed by atoms with van der Waals surface area (Å²) in [4.78, 5) is 14.8. The fourth-order valence-electron chi connectivity index (χ4n) is 3.71. The predicted molar refractivity (Wildman–Crippen MR) is 89.0 cm³/mol. The van der Waals surface area contributed by atoms with Crippen LogP contribution in [0.1, 0.15) is 59.2 Å². The molecule has 0 saturated carbocycles. The van der Waals surface area contributed by atoms with Crippen molar-refractivity contribution in [3.8, 4) is 5.75 Å². The summed E-state index contributed by atoms with van der Waals surface area (Å²) in [5.74, 6) is 1.24. The molecule has 3 heteroatoms. The van der Waals surface area contributed by atoms with Crippen molar-refractivity contribution in [1.82, 2.24) is 4.90 Å². The first-order chi connectivity index (χ1) is 10.7. The monoisotopic (exact) mass is 301 g/mol. The van der Waals surface area contributed by atoms with E-state index in [-0.39, 0.29) is 0 Å². The van der Waals surface area contributed by atoms with E-state index in [0.29, 0.717) is 12.2 Å². The zero-order chi connectivity index (χ0) is 15.5. The Morgan fingerprint density at radius 2 is 1.86 bits per heavy atom. The number of Topliss-reactive ketones (excluding diaryl/α,β-unsaturated/α-hetero) is 1. The Balaban J connectivity index is 1.72. The third-order valence-corrected chi connectivity index (χ3v) is 5.14. The maximum absolute atomic E-state index is 12.3. The number of carbonyl (C=O) groups excluding carboxylic acids is 1. The third-order valence-electron chi connectivity index (χ3n) is 5.14. The maximum Gasteiger partial charge on any atom is 0.163 e. The van der Waals surface area contributed by atoms with Crippen molar-refractivity contribution in [1.29, 1.82) is 0 Å². The number of piperidine rings is 1. The van der Waals surface area contributed by atoms with Crippen LogP contribution in [0.2, 0.25) is 0 Å². The average Bonchev–Trinajstić information content (AvgIpc) is 2.53. The molecule has 0 radical (unpaired) electrons. The van der Waals surface area contributed by atoms with E-state index >= 15 is 0 Å². The van der Waals surface area contributed by atoms with Gasteiger partial charge in [-0.05, 0) is 69.8 Å². The van der Waals surface area contributed by atoms with E-state index in [4.69, 9.17) is 4.74 Å². The van der Waals surface area contributed by atoms with Gasteiger partial charge in [-0.25, -0.2) is 0 Å². The summed E-state index contributed by atoms with van der Waals surface area (Å²) in [6, 6.07) is 2.13. The molecular formula is C19H27NO2. The fraction of sp³-hybridized carbons (Fsp3) is 0.632. The number of ether oxygens (including phenoxy) is 1. The quantitative estimate of drug-likeness (QED) is 0.849. The maximum atomic E-state index is 12.3. The highest BCUT2D eigenvalue weighted by molar-refractivity contribution is 6.00. The summed E-state index contributed by atoms with van der Waals surface area (Å²) in [5, 5.41) is 0. The minimum atomic E-state index is 0.295. The van der Waals surface area contributed by atoms with E-state index in [2.05, 4.69) is 24.8 Å². The lowest BCUT2D eigenvalue weighted by Crippen LogP contribution is -2.33. The smallest absolute Gasteiger partial charge is 0.163 e. The van der Waals surface area contributed by atoms with Crippen LogP contribution in [0.3, 0.4) is 0 Å². The van der Waals surface area contributed by atoms with Crippen molar-refractivity contribution >= 4 is 5.78 Å². The van der Waals surface area contributed by atoms with Crippen LogP contribution >= 0.6 is 0 Å². The van der Waals surface area contributed by atoms with E-state index in [0.717, 1.165) is 48.4 Å². The molecule has 120 valence electrons. The number of fused-ring (bicyclic) bond motifs is 1. The molecule has 1 aliphatic heterocycles. The normalized spacial score (nSPS) is 19.1. The minimum Gasteiger partial charge on any atom is -0.492 e. The van der Waals surface area contributed by atoms with Crippen molar-refractivity contribution in [3.63, 3.8) is 0 Å². The largest absolute Gasteiger partial charge is 0.492 e. The van der Waals surface area contributed by atoms with Gasteiger partial charge < -0.3 is 4.74 Å². The summed E-state index contributed by atoms with van der Waals surface area (Å²) >= 11 is 0. The molecule has 0 unspecified atom stereocenters. The molecule has 22 heavy (non-hydrogen) atoms. The van der Waals surface area contributed by atoms with Crippen LogP contribution in [0.25, 0.3) is 0 Å². The molecule has 1 heterocycles. The zero-order valence-corrected chi connectivity index (χ0v) is 13.9. The van der Waals surface area contributed by atoms with Gasteiger partial charge in [0.25, 0.3) is 0 Å². The first kappa shape index (κ1) is 15.5. The number of likely N-dealkylation sites (tertiary alicyclic amines) is 1. The van der Waals surface area contributed by atoms with Gasteiger partial charge in [0.2, 0.25) is 0 Å². The van der Waals surface area contributed by atoms with Crippen molar-refractivity contribution < 1.29 is 9.53 Å². The topological polar surface area (TPSA) is 29.5 Å². The molecule has 0 spiro atoms. The molecule has 3 rings (SSSR count). The average molecular weight is 301 g/mol. The zero-order valence-electron chi connectivity index (χ0n) is 13.9. The lowest BCUT2D eigenvalue weighted by molar-refractivity contribution is 0.0970. The minimum absolute atomic E-state index is 0.295. The van der Waals surface area contributed by atoms with Crippen LogP contribution < -0.4 is 4.74 Å². The number of nitrogens with zero attached hydrogens (tertiary/aromatic N) is 1. The summed E-state index contributed by atoms with van der Waals surface area (Å²) < 4.78 is 6.10. The van der Waals surface area contributed by atoms with Gasteiger partial charge in [0.05, 0.1) is 0 Å². The number of ketones is 1. The Kier molecular flexibility index (Phi) is 4.82. The molecule has 0 atom stereocenters. The van der Waals surface area contributed by atoms with Gasteiger partial charge in [-0.1, -0.05) is 6.42 Å². The van der Waals surface area contributed by atoms with Gasteiger partial charge in [0.15, 0.2) is 5.78 Å². The molecular weight excluding hydrogens is 274 g/mol. The number of hydrogen-bond donors (Lipinski definition) is 0. The van der Waals surface area contributed by atoms with Crippen LogP contribution in [0, 0.1) is 13.8 Å². The van der Waals surface area contributed by atoms with Crippen LogP contribution in [-0.4, -0.2) is 36.9 Å². The number of hydrogen-bond acceptors (Lipinski definition) is 3. The highest BCUT2D eigenvalue weighted by Gasteiger charge is 2.24. The molecule has 0 aromatic heterocycles. The van der Waals surface area contributed by atoms with Crippen LogP contribution in [0.5, 0.6) is 5.75 Å². The fourth-order valence-corrected chi connectivity index (χ4v) is 3.71. The second-order valence-corrected chi connectivity index (χ2v) is 6.70. The summed E-state index contributed by atoms with van der Waals surface area (Å²) in [6.07, 6.45) is 6.60. The van der Waals surface area contributed by atoms with E-state index < -0.39 is 0 Å². The molecule has 0 N–H and O–H groups in total. The van der Waals surface area contributed by atoms with Gasteiger partial charge >= 0.3 is 0 Å². The molecule has 0 amide bonds. The number of benzene rings is 1. The van der Waals surface area contributed by atoms with Gasteiger partial charge in [-0.2, -0.15) is 0 Å². The summed E-state index contributed by atoms with van der Waals surface area (Å²) in [5.41, 5.74) is 4.40. The van der Waals surface area contributed by atoms with Crippen LogP contribution in [0.4, 0.5) is 0 Å². The van der Waals surface area contributed by atoms with E-state index in [9.17, 15) is 4.79 Å². The van der Waals surface area contributed by atoms with Crippen LogP contribution in [0.15, 0.2) is 6.07 Å². The molecule has 0 bridgehead atoms. The van der Waals surface area contributed by atoms with Gasteiger partial charge in [-0.3, -0.25) is 9.69 Å². The number of carbonyl (C=O) groups is 1. The van der Waals surface area contributed by atoms with Crippen LogP contribution in [-0.2, 0) is 6.42 Å². The lowest BCUT2D eigenvalue weighted by atomic mass is 9.85. The van der Waals surface area contributed by atoms with E-state index in [1.54, 1.807) is 0 Å². The van der Waals surface area contributed by atoms with E-state index in [1.807, 2.05) is 0 Å². The molecule has 1 fully saturated rings. The Hall–Kier alpha value is -1.35. The third kappa shape index (κ3) is 3.19. The van der Waals surface area contributed by atoms with Crippen molar-refractivity contribution in [2.75, 3.05) is 26.2 Å². The molecule has 1 aliphatic carbocycles. The Labute approximate surface area is 133 Å². The standard InChI is InChI=1S/C19H27NO2/c1-14-13-18(22-12-11-20-9-4-3-5-10-20)16-7-6-8-17(21)19(16)15(14)2/h13H,3-12H2,1-2H3. The molecule has 2 aliphatic rings. The number of aryl methyl sites for hydroxylation is 1. The van der Waals surface area contributed by atoms with E-state index in [1.165, 1.54) is 37.9 Å². The van der Waals surface area contributed by atoms with Crippen molar-refractivity contribution in [2.45, 2.75) is 52.4 Å². The molecule has 1 saturated heterocycles. The Morgan fingerprint density at radius 3 is 2.64 bits per heavy atom. The predicted octanol–water partition coefficient (Wildman–Crippen LogP) is 3.69. The molecule has 1 aromatic rings. The second-order valence-electron chi connectivity index (χ2n) is 6.70. The van der Waals surface area contributed by atoms with Gasteiger partial charge in [-0.15, -0.1) is 0 Å². The molecule has 1 aromatic carbocycles. The van der Waals surface area contributed by atoms with Gasteiger partial charge in [0.1, 0.15) is 12.4 Å². The Morgan fingerprint density at radius 1 is 1.09 bits per heavy atom. The Bertz CT molecular complexity index is 559. The van der Waals surface area contributed by atoms with Crippen molar-refractivity contribution in [2.24, 2.45) is 0 Å². The summed E-state index contributed by atoms with van der Waals surface area (Å²) in [6.45, 7) is 8.27. The first-order valence-corrected chi connectivity index (χ1v) is 8.68. The SMILES string of the molecule is Cc1cc(OCCN2CCCCC2)c2c(c1C)C(=O)CCC2. The summed E-state index contributed by atoms with van der Waals surface area (Å²) in [7, 11) is 0. The van der Waals surface area contributed by atoms with Gasteiger partial charge in [0, 0.05) is 24.1 Å². The molecule has 3 nitrogen and oxygen atoms in total. The second kappa shape index (κ2) is 6.82. The first-order valence-electron chi connectivity index (χ1n) is 8.68.